The Bertz CT molecular complexity index is 1230. The second kappa shape index (κ2) is 9.84. The van der Waals surface area contributed by atoms with Crippen molar-refractivity contribution in [3.8, 4) is 0 Å². The summed E-state index contributed by atoms with van der Waals surface area (Å²) in [5.41, 5.74) is 0.127. The van der Waals surface area contributed by atoms with E-state index in [0.717, 1.165) is 0 Å². The van der Waals surface area contributed by atoms with Crippen LogP contribution < -0.4 is 10.2 Å². The summed E-state index contributed by atoms with van der Waals surface area (Å²) in [6.07, 6.45) is 1.33. The number of anilines is 2. The van der Waals surface area contributed by atoms with Crippen LogP contribution >= 0.6 is 0 Å². The summed E-state index contributed by atoms with van der Waals surface area (Å²) in [4.78, 5) is 51.6. The maximum Gasteiger partial charge on any atom is 0.338 e. The number of nitrogens with one attached hydrogen (secondary N) is 1. The Morgan fingerprint density at radius 2 is 1.49 bits per heavy atom. The molecule has 0 spiro atoms. The summed E-state index contributed by atoms with van der Waals surface area (Å²) in [6, 6.07) is 15.8. The molecule has 35 heavy (non-hydrogen) atoms. The molecule has 1 aromatic heterocycles. The van der Waals surface area contributed by atoms with Gasteiger partial charge in [0.1, 0.15) is 5.76 Å². The van der Waals surface area contributed by atoms with Gasteiger partial charge in [0.25, 0.3) is 5.91 Å². The van der Waals surface area contributed by atoms with Gasteiger partial charge in [-0.1, -0.05) is 0 Å². The molecule has 2 amide bonds. The van der Waals surface area contributed by atoms with Gasteiger partial charge in [0.15, 0.2) is 5.54 Å². The van der Waals surface area contributed by atoms with Crippen molar-refractivity contribution in [2.45, 2.75) is 25.8 Å². The van der Waals surface area contributed by atoms with E-state index < -0.39 is 23.4 Å². The monoisotopic (exact) mass is 476 g/mol. The van der Waals surface area contributed by atoms with Crippen molar-refractivity contribution in [3.05, 3.63) is 83.8 Å². The first-order valence-corrected chi connectivity index (χ1v) is 11.1. The molecule has 0 aliphatic carbocycles. The van der Waals surface area contributed by atoms with E-state index in [4.69, 9.17) is 13.9 Å². The average molecular weight is 476 g/mol. The van der Waals surface area contributed by atoms with Crippen LogP contribution in [0.1, 0.15) is 46.7 Å². The lowest BCUT2D eigenvalue weighted by Gasteiger charge is -2.48. The van der Waals surface area contributed by atoms with Crippen LogP contribution in [0.5, 0.6) is 0 Å². The number of β-lactam (4-membered cyclic amide) rings is 1. The summed E-state index contributed by atoms with van der Waals surface area (Å²) in [5.74, 6) is -1.40. The van der Waals surface area contributed by atoms with Gasteiger partial charge in [0, 0.05) is 11.4 Å². The molecule has 180 valence electrons. The largest absolute Gasteiger partial charge is 0.466 e. The number of rotatable bonds is 8. The Kier molecular flexibility index (Phi) is 6.68. The molecule has 1 aliphatic heterocycles. The van der Waals surface area contributed by atoms with Gasteiger partial charge in [0.05, 0.1) is 37.0 Å². The zero-order valence-corrected chi connectivity index (χ0v) is 19.3. The molecule has 1 saturated heterocycles. The molecule has 1 atom stereocenters. The van der Waals surface area contributed by atoms with Crippen LogP contribution in [0.25, 0.3) is 0 Å². The van der Waals surface area contributed by atoms with Crippen LogP contribution in [-0.2, 0) is 24.6 Å². The first-order chi connectivity index (χ1) is 16.9. The molecule has 4 rings (SSSR count). The molecule has 2 heterocycles. The molecule has 3 aromatic rings. The minimum absolute atomic E-state index is 0.104. The van der Waals surface area contributed by atoms with Crippen molar-refractivity contribution in [1.29, 1.82) is 0 Å². The van der Waals surface area contributed by atoms with Gasteiger partial charge in [-0.2, -0.15) is 0 Å². The molecular formula is C26H24N2O7. The van der Waals surface area contributed by atoms with Crippen molar-refractivity contribution in [2.75, 3.05) is 23.4 Å². The highest BCUT2D eigenvalue weighted by molar-refractivity contribution is 6.16. The van der Waals surface area contributed by atoms with E-state index in [2.05, 4.69) is 5.32 Å². The molecule has 1 unspecified atom stereocenters. The predicted molar refractivity (Wildman–Crippen MR) is 126 cm³/mol. The van der Waals surface area contributed by atoms with Crippen molar-refractivity contribution in [3.63, 3.8) is 0 Å². The van der Waals surface area contributed by atoms with Gasteiger partial charge in [-0.05, 0) is 74.5 Å². The Balaban J connectivity index is 1.62. The molecule has 0 radical (unpaired) electrons. The third kappa shape index (κ3) is 4.40. The van der Waals surface area contributed by atoms with E-state index in [1.54, 1.807) is 62.4 Å². The number of benzene rings is 2. The smallest absolute Gasteiger partial charge is 0.338 e. The van der Waals surface area contributed by atoms with Crippen molar-refractivity contribution >= 4 is 35.1 Å². The van der Waals surface area contributed by atoms with Crippen LogP contribution in [0, 0.1) is 0 Å². The SMILES string of the molecule is CCOC(=O)c1ccc(NC(=O)C2(c3ccco3)CC(=O)N2c2ccc(C(=O)OCC)cc2)cc1. The molecule has 2 aromatic carbocycles. The van der Waals surface area contributed by atoms with E-state index in [0.29, 0.717) is 28.3 Å². The highest BCUT2D eigenvalue weighted by atomic mass is 16.5. The fourth-order valence-electron chi connectivity index (χ4n) is 3.97. The number of carbonyl (C=O) groups excluding carboxylic acids is 4. The number of hydrogen-bond donors (Lipinski definition) is 1. The number of amides is 2. The normalized spacial score (nSPS) is 16.9. The second-order valence-electron chi connectivity index (χ2n) is 7.76. The van der Waals surface area contributed by atoms with Gasteiger partial charge in [0.2, 0.25) is 5.91 Å². The van der Waals surface area contributed by atoms with Gasteiger partial charge >= 0.3 is 11.9 Å². The van der Waals surface area contributed by atoms with Gasteiger partial charge in [-0.25, -0.2) is 9.59 Å². The number of carbonyl (C=O) groups is 4. The molecule has 1 fully saturated rings. The summed E-state index contributed by atoms with van der Waals surface area (Å²) in [7, 11) is 0. The molecular weight excluding hydrogens is 452 g/mol. The van der Waals surface area contributed by atoms with Crippen molar-refractivity contribution in [1.82, 2.24) is 0 Å². The summed E-state index contributed by atoms with van der Waals surface area (Å²) >= 11 is 0. The zero-order valence-electron chi connectivity index (χ0n) is 19.3. The number of hydrogen-bond acceptors (Lipinski definition) is 7. The maximum atomic E-state index is 13.6. The van der Waals surface area contributed by atoms with Crippen LogP contribution in [-0.4, -0.2) is 37.0 Å². The Hall–Kier alpha value is -4.40. The third-order valence-corrected chi connectivity index (χ3v) is 5.63. The number of esters is 2. The number of nitrogens with zero attached hydrogens (tertiary/aromatic N) is 1. The van der Waals surface area contributed by atoms with Gasteiger partial charge in [-0.3, -0.25) is 14.5 Å². The van der Waals surface area contributed by atoms with Crippen LogP contribution in [0.2, 0.25) is 0 Å². The highest BCUT2D eigenvalue weighted by Crippen LogP contribution is 2.46. The zero-order chi connectivity index (χ0) is 25.0. The Labute approximate surface area is 201 Å². The minimum atomic E-state index is -1.42. The quantitative estimate of drug-likeness (QED) is 0.387. The molecule has 1 N–H and O–H groups in total. The molecule has 9 heteroatoms. The molecule has 9 nitrogen and oxygen atoms in total. The summed E-state index contributed by atoms with van der Waals surface area (Å²) < 4.78 is 15.6. The van der Waals surface area contributed by atoms with E-state index in [-0.39, 0.29) is 25.5 Å². The maximum absolute atomic E-state index is 13.6. The molecule has 0 bridgehead atoms. The fourth-order valence-corrected chi connectivity index (χ4v) is 3.97. The number of furan rings is 1. The first kappa shape index (κ1) is 23.7. The Morgan fingerprint density at radius 1 is 0.914 bits per heavy atom. The lowest BCUT2D eigenvalue weighted by Crippen LogP contribution is -2.67. The second-order valence-corrected chi connectivity index (χ2v) is 7.76. The van der Waals surface area contributed by atoms with Crippen molar-refractivity contribution < 1.29 is 33.1 Å². The summed E-state index contributed by atoms with van der Waals surface area (Å²) in [5, 5.41) is 2.82. The average Bonchev–Trinajstić information content (AvgIpc) is 3.38. The van der Waals surface area contributed by atoms with Crippen LogP contribution in [0.4, 0.5) is 11.4 Å². The molecule has 0 saturated carbocycles. The van der Waals surface area contributed by atoms with Crippen LogP contribution in [0.3, 0.4) is 0 Å². The molecule has 1 aliphatic rings. The lowest BCUT2D eigenvalue weighted by molar-refractivity contribution is -0.138. The predicted octanol–water partition coefficient (Wildman–Crippen LogP) is 3.90. The fraction of sp³-hybridized carbons (Fsp3) is 0.231. The minimum Gasteiger partial charge on any atom is -0.466 e. The van der Waals surface area contributed by atoms with Crippen LogP contribution in [0.15, 0.2) is 71.3 Å². The standard InChI is InChI=1S/C26H24N2O7/c1-3-33-23(30)17-7-11-19(12-8-17)27-25(32)26(21-6-5-15-35-21)16-22(29)28(26)20-13-9-18(10-14-20)24(31)34-4-2/h5-15H,3-4,16H2,1-2H3,(H,27,32). The van der Waals surface area contributed by atoms with E-state index in [1.165, 1.54) is 23.3 Å². The topological polar surface area (TPSA) is 115 Å². The van der Waals surface area contributed by atoms with E-state index >= 15 is 0 Å². The Morgan fingerprint density at radius 3 is 1.97 bits per heavy atom. The van der Waals surface area contributed by atoms with Gasteiger partial charge in [-0.15, -0.1) is 0 Å². The lowest BCUT2D eigenvalue weighted by atomic mass is 9.79. The first-order valence-electron chi connectivity index (χ1n) is 11.1. The summed E-state index contributed by atoms with van der Waals surface area (Å²) in [6.45, 7) is 3.93. The third-order valence-electron chi connectivity index (χ3n) is 5.63. The van der Waals surface area contributed by atoms with E-state index in [9.17, 15) is 19.2 Å². The van der Waals surface area contributed by atoms with Gasteiger partial charge < -0.3 is 19.2 Å². The van der Waals surface area contributed by atoms with Crippen molar-refractivity contribution in [2.24, 2.45) is 0 Å². The van der Waals surface area contributed by atoms with E-state index in [1.807, 2.05) is 0 Å². The number of ether oxygens (including phenoxy) is 2. The highest BCUT2D eigenvalue weighted by Gasteiger charge is 2.60.